The molecule has 1 aliphatic rings. The second-order valence-electron chi connectivity index (χ2n) is 5.06. The SMILES string of the molecule is COCC1CN(S(=O)(=O)c2cccs2)Cc2ccnn2C1. The van der Waals surface area contributed by atoms with E-state index < -0.39 is 10.0 Å². The van der Waals surface area contributed by atoms with Crippen LogP contribution in [-0.2, 0) is 27.8 Å². The van der Waals surface area contributed by atoms with Crippen LogP contribution >= 0.6 is 11.3 Å². The summed E-state index contributed by atoms with van der Waals surface area (Å²) in [7, 11) is -1.83. The fraction of sp³-hybridized carbons (Fsp3) is 0.462. The Morgan fingerprint density at radius 1 is 1.43 bits per heavy atom. The van der Waals surface area contributed by atoms with Crippen molar-refractivity contribution in [2.45, 2.75) is 17.3 Å². The van der Waals surface area contributed by atoms with Crippen molar-refractivity contribution in [1.82, 2.24) is 14.1 Å². The molecule has 8 heteroatoms. The summed E-state index contributed by atoms with van der Waals surface area (Å²) in [5, 5.41) is 6.05. The van der Waals surface area contributed by atoms with E-state index in [1.54, 1.807) is 30.8 Å². The molecular weight excluding hydrogens is 310 g/mol. The maximum absolute atomic E-state index is 12.7. The Hall–Kier alpha value is -1.22. The van der Waals surface area contributed by atoms with Gasteiger partial charge in [-0.15, -0.1) is 11.3 Å². The van der Waals surface area contributed by atoms with Gasteiger partial charge in [0.1, 0.15) is 4.21 Å². The Morgan fingerprint density at radius 2 is 2.29 bits per heavy atom. The van der Waals surface area contributed by atoms with Gasteiger partial charge in [-0.2, -0.15) is 9.40 Å². The number of sulfonamides is 1. The number of hydrogen-bond acceptors (Lipinski definition) is 5. The normalized spacial score (nSPS) is 20.1. The van der Waals surface area contributed by atoms with Crippen LogP contribution in [0, 0.1) is 5.92 Å². The molecule has 0 N–H and O–H groups in total. The molecule has 3 rings (SSSR count). The van der Waals surface area contributed by atoms with Crippen LogP contribution in [0.25, 0.3) is 0 Å². The summed E-state index contributed by atoms with van der Waals surface area (Å²) in [6, 6.07) is 5.27. The highest BCUT2D eigenvalue weighted by Crippen LogP contribution is 2.26. The molecule has 0 aliphatic carbocycles. The lowest BCUT2D eigenvalue weighted by atomic mass is 10.1. The van der Waals surface area contributed by atoms with Crippen molar-refractivity contribution in [3.63, 3.8) is 0 Å². The summed E-state index contributed by atoms with van der Waals surface area (Å²) in [5.74, 6) is 0.0888. The van der Waals surface area contributed by atoms with Crippen molar-refractivity contribution in [1.29, 1.82) is 0 Å². The van der Waals surface area contributed by atoms with Crippen molar-refractivity contribution < 1.29 is 13.2 Å². The molecule has 0 saturated heterocycles. The monoisotopic (exact) mass is 327 g/mol. The van der Waals surface area contributed by atoms with Gasteiger partial charge in [0.15, 0.2) is 0 Å². The molecule has 0 radical (unpaired) electrons. The second kappa shape index (κ2) is 5.88. The third-order valence-corrected chi connectivity index (χ3v) is 6.71. The summed E-state index contributed by atoms with van der Waals surface area (Å²) in [6.45, 7) is 1.97. The smallest absolute Gasteiger partial charge is 0.252 e. The van der Waals surface area contributed by atoms with Crippen molar-refractivity contribution >= 4 is 21.4 Å². The predicted octanol–water partition coefficient (Wildman–Crippen LogP) is 1.41. The maximum atomic E-state index is 12.7. The Morgan fingerprint density at radius 3 is 3.00 bits per heavy atom. The van der Waals surface area contributed by atoms with E-state index >= 15 is 0 Å². The van der Waals surface area contributed by atoms with Gasteiger partial charge in [0.25, 0.3) is 10.0 Å². The van der Waals surface area contributed by atoms with Gasteiger partial charge >= 0.3 is 0 Å². The average molecular weight is 327 g/mol. The average Bonchev–Trinajstić information content (AvgIpc) is 3.08. The first-order chi connectivity index (χ1) is 10.1. The van der Waals surface area contributed by atoms with Gasteiger partial charge in [0, 0.05) is 32.3 Å². The van der Waals surface area contributed by atoms with Crippen LogP contribution in [0.15, 0.2) is 34.0 Å². The van der Waals surface area contributed by atoms with Gasteiger partial charge in [-0.3, -0.25) is 4.68 Å². The molecule has 0 spiro atoms. The van der Waals surface area contributed by atoms with E-state index in [-0.39, 0.29) is 5.92 Å². The number of rotatable bonds is 4. The highest BCUT2D eigenvalue weighted by Gasteiger charge is 2.31. The van der Waals surface area contributed by atoms with E-state index in [0.717, 1.165) is 5.69 Å². The lowest BCUT2D eigenvalue weighted by Crippen LogP contribution is -2.34. The first-order valence-electron chi connectivity index (χ1n) is 6.64. The van der Waals surface area contributed by atoms with Crippen molar-refractivity contribution in [2.75, 3.05) is 20.3 Å². The summed E-state index contributed by atoms with van der Waals surface area (Å²) in [6.07, 6.45) is 1.71. The van der Waals surface area contributed by atoms with Gasteiger partial charge in [-0.25, -0.2) is 8.42 Å². The summed E-state index contributed by atoms with van der Waals surface area (Å²) in [5.41, 5.74) is 0.911. The van der Waals surface area contributed by atoms with Crippen molar-refractivity contribution in [3.8, 4) is 0 Å². The lowest BCUT2D eigenvalue weighted by molar-refractivity contribution is 0.133. The molecule has 1 aliphatic heterocycles. The topological polar surface area (TPSA) is 64.4 Å². The minimum absolute atomic E-state index is 0.0888. The van der Waals surface area contributed by atoms with Crippen LogP contribution in [0.2, 0.25) is 0 Å². The molecule has 21 heavy (non-hydrogen) atoms. The Bertz CT molecular complexity index is 694. The zero-order chi connectivity index (χ0) is 14.9. The highest BCUT2D eigenvalue weighted by atomic mass is 32.2. The molecular formula is C13H17N3O3S2. The van der Waals surface area contributed by atoms with E-state index in [1.807, 2.05) is 10.7 Å². The van der Waals surface area contributed by atoms with Gasteiger partial charge in [-0.1, -0.05) is 6.07 Å². The van der Waals surface area contributed by atoms with E-state index in [2.05, 4.69) is 5.10 Å². The Labute approximate surface area is 128 Å². The van der Waals surface area contributed by atoms with Crippen LogP contribution in [-0.4, -0.2) is 42.8 Å². The zero-order valence-corrected chi connectivity index (χ0v) is 13.3. The molecule has 0 bridgehead atoms. The fourth-order valence-corrected chi connectivity index (χ4v) is 5.19. The number of ether oxygens (including phenoxy) is 1. The molecule has 6 nitrogen and oxygen atoms in total. The molecule has 3 heterocycles. The van der Waals surface area contributed by atoms with Gasteiger partial charge < -0.3 is 4.74 Å². The number of nitrogens with zero attached hydrogens (tertiary/aromatic N) is 3. The van der Waals surface area contributed by atoms with Crippen LogP contribution in [0.4, 0.5) is 0 Å². The van der Waals surface area contributed by atoms with Crippen molar-refractivity contribution in [2.24, 2.45) is 5.92 Å². The molecule has 1 unspecified atom stereocenters. The fourth-order valence-electron chi connectivity index (χ4n) is 2.56. The quantitative estimate of drug-likeness (QED) is 0.852. The highest BCUT2D eigenvalue weighted by molar-refractivity contribution is 7.91. The number of aromatic nitrogens is 2. The number of hydrogen-bond donors (Lipinski definition) is 0. The van der Waals surface area contributed by atoms with Crippen LogP contribution in [0.1, 0.15) is 5.69 Å². The van der Waals surface area contributed by atoms with Crippen LogP contribution in [0.5, 0.6) is 0 Å². The maximum Gasteiger partial charge on any atom is 0.252 e. The largest absolute Gasteiger partial charge is 0.384 e. The molecule has 2 aromatic rings. The number of thiophene rings is 1. The molecule has 1 atom stereocenters. The van der Waals surface area contributed by atoms with Crippen LogP contribution < -0.4 is 0 Å². The minimum atomic E-state index is -3.46. The predicted molar refractivity (Wildman–Crippen MR) is 79.5 cm³/mol. The molecule has 0 amide bonds. The van der Waals surface area contributed by atoms with Gasteiger partial charge in [0.2, 0.25) is 0 Å². The van der Waals surface area contributed by atoms with E-state index in [9.17, 15) is 8.42 Å². The van der Waals surface area contributed by atoms with E-state index in [4.69, 9.17) is 4.74 Å². The summed E-state index contributed by atoms with van der Waals surface area (Å²) >= 11 is 1.24. The second-order valence-corrected chi connectivity index (χ2v) is 8.17. The Kier molecular flexibility index (Phi) is 4.12. The molecule has 114 valence electrons. The van der Waals surface area contributed by atoms with Gasteiger partial charge in [-0.05, 0) is 17.5 Å². The minimum Gasteiger partial charge on any atom is -0.384 e. The van der Waals surface area contributed by atoms with E-state index in [0.29, 0.717) is 30.5 Å². The lowest BCUT2D eigenvalue weighted by Gasteiger charge is -2.22. The zero-order valence-electron chi connectivity index (χ0n) is 11.7. The standard InChI is InChI=1S/C13H17N3O3S2/c1-19-10-11-7-15(9-12-4-5-14-16(12)8-11)21(17,18)13-3-2-6-20-13/h2-6,11H,7-10H2,1H3. The third kappa shape index (κ3) is 2.89. The van der Waals surface area contributed by atoms with E-state index in [1.165, 1.54) is 15.6 Å². The first-order valence-corrected chi connectivity index (χ1v) is 8.96. The summed E-state index contributed by atoms with van der Waals surface area (Å²) < 4.78 is 34.5. The third-order valence-electron chi connectivity index (χ3n) is 3.53. The molecule has 0 fully saturated rings. The molecule has 2 aromatic heterocycles. The summed E-state index contributed by atoms with van der Waals surface area (Å²) in [4.78, 5) is 0. The Balaban J connectivity index is 1.94. The number of methoxy groups -OCH3 is 1. The molecule has 0 aromatic carbocycles. The number of fused-ring (bicyclic) bond motifs is 1. The van der Waals surface area contributed by atoms with Crippen molar-refractivity contribution in [3.05, 3.63) is 35.5 Å². The van der Waals surface area contributed by atoms with Crippen LogP contribution in [0.3, 0.4) is 0 Å². The van der Waals surface area contributed by atoms with Gasteiger partial charge in [0.05, 0.1) is 18.8 Å². The molecule has 0 saturated carbocycles. The first kappa shape index (κ1) is 14.7.